The number of hydrogen-bond acceptors (Lipinski definition) is 3. The smallest absolute Gasteiger partial charge is 0.145 e. The van der Waals surface area contributed by atoms with Gasteiger partial charge in [-0.25, -0.2) is 4.39 Å². The van der Waals surface area contributed by atoms with Crippen LogP contribution in [0.15, 0.2) is 18.2 Å². The molecule has 1 aromatic rings. The van der Waals surface area contributed by atoms with E-state index in [4.69, 9.17) is 11.6 Å². The standard InChI is InChI=1S/C14H19ClFNS2/c1-2-17-12(13-9-18-6-7-19-13)8-10-4-3-5-11(15)14(10)16/h3-5,12-13,17H,2,6-9H2,1H3. The molecule has 19 heavy (non-hydrogen) atoms. The Kier molecular flexibility index (Phi) is 6.33. The molecule has 2 rings (SSSR count). The highest BCUT2D eigenvalue weighted by atomic mass is 35.5. The fourth-order valence-electron chi connectivity index (χ4n) is 2.28. The van der Waals surface area contributed by atoms with Crippen molar-refractivity contribution in [3.05, 3.63) is 34.6 Å². The van der Waals surface area contributed by atoms with Crippen molar-refractivity contribution in [1.29, 1.82) is 0 Å². The van der Waals surface area contributed by atoms with Gasteiger partial charge in [-0.1, -0.05) is 30.7 Å². The van der Waals surface area contributed by atoms with Crippen LogP contribution in [0.5, 0.6) is 0 Å². The first-order chi connectivity index (χ1) is 9.22. The minimum Gasteiger partial charge on any atom is -0.313 e. The summed E-state index contributed by atoms with van der Waals surface area (Å²) in [6.45, 7) is 3.01. The lowest BCUT2D eigenvalue weighted by Crippen LogP contribution is -2.42. The third-order valence-corrected chi connectivity index (χ3v) is 6.44. The summed E-state index contributed by atoms with van der Waals surface area (Å²) in [6.07, 6.45) is 0.707. The van der Waals surface area contributed by atoms with E-state index in [0.29, 0.717) is 17.7 Å². The molecular weight excluding hydrogens is 301 g/mol. The molecule has 0 aliphatic carbocycles. The average molecular weight is 320 g/mol. The summed E-state index contributed by atoms with van der Waals surface area (Å²) < 4.78 is 14.0. The van der Waals surface area contributed by atoms with Gasteiger partial charge in [0.15, 0.2) is 0 Å². The first-order valence-electron chi connectivity index (χ1n) is 6.58. The van der Waals surface area contributed by atoms with E-state index in [1.165, 1.54) is 11.5 Å². The molecule has 0 spiro atoms. The molecule has 2 atom stereocenters. The third-order valence-electron chi connectivity index (χ3n) is 3.23. The second-order valence-electron chi connectivity index (χ2n) is 4.57. The highest BCUT2D eigenvalue weighted by Gasteiger charge is 2.25. The van der Waals surface area contributed by atoms with Gasteiger partial charge in [0, 0.05) is 28.6 Å². The number of likely N-dealkylation sites (N-methyl/N-ethyl adjacent to an activating group) is 1. The van der Waals surface area contributed by atoms with Crippen molar-refractivity contribution in [2.75, 3.05) is 23.8 Å². The molecule has 0 amide bonds. The molecule has 1 heterocycles. The molecule has 1 aliphatic heterocycles. The predicted molar refractivity (Wildman–Crippen MR) is 86.1 cm³/mol. The van der Waals surface area contributed by atoms with E-state index in [-0.39, 0.29) is 10.8 Å². The van der Waals surface area contributed by atoms with Crippen LogP contribution in [-0.4, -0.2) is 35.1 Å². The average Bonchev–Trinajstić information content (AvgIpc) is 2.44. The number of hydrogen-bond donors (Lipinski definition) is 1. The van der Waals surface area contributed by atoms with E-state index in [2.05, 4.69) is 12.2 Å². The minimum absolute atomic E-state index is 0.221. The van der Waals surface area contributed by atoms with Crippen molar-refractivity contribution in [3.8, 4) is 0 Å². The van der Waals surface area contributed by atoms with Gasteiger partial charge in [-0.05, 0) is 24.6 Å². The minimum atomic E-state index is -0.263. The maximum atomic E-state index is 14.0. The maximum absolute atomic E-state index is 14.0. The van der Waals surface area contributed by atoms with E-state index in [1.54, 1.807) is 6.07 Å². The fourth-order valence-corrected chi connectivity index (χ4v) is 5.36. The maximum Gasteiger partial charge on any atom is 0.145 e. The van der Waals surface area contributed by atoms with Gasteiger partial charge in [-0.2, -0.15) is 23.5 Å². The molecule has 5 heteroatoms. The van der Waals surface area contributed by atoms with E-state index in [0.717, 1.165) is 17.9 Å². The molecule has 0 radical (unpaired) electrons. The lowest BCUT2D eigenvalue weighted by Gasteiger charge is -2.30. The zero-order valence-electron chi connectivity index (χ0n) is 11.0. The summed E-state index contributed by atoms with van der Waals surface area (Å²) in [7, 11) is 0. The zero-order chi connectivity index (χ0) is 13.7. The summed E-state index contributed by atoms with van der Waals surface area (Å²) in [5.41, 5.74) is 0.717. The van der Waals surface area contributed by atoms with Crippen LogP contribution in [0.2, 0.25) is 5.02 Å². The first-order valence-corrected chi connectivity index (χ1v) is 9.16. The molecule has 106 valence electrons. The summed E-state index contributed by atoms with van der Waals surface area (Å²) in [5.74, 6) is 3.30. The highest BCUT2D eigenvalue weighted by Crippen LogP contribution is 2.29. The zero-order valence-corrected chi connectivity index (χ0v) is 13.4. The van der Waals surface area contributed by atoms with Crippen LogP contribution in [0.1, 0.15) is 12.5 Å². The van der Waals surface area contributed by atoms with Gasteiger partial charge in [-0.15, -0.1) is 0 Å². The van der Waals surface area contributed by atoms with E-state index >= 15 is 0 Å². The van der Waals surface area contributed by atoms with Gasteiger partial charge >= 0.3 is 0 Å². The molecule has 0 aromatic heterocycles. The van der Waals surface area contributed by atoms with Crippen molar-refractivity contribution in [3.63, 3.8) is 0 Å². The van der Waals surface area contributed by atoms with Crippen LogP contribution in [0.3, 0.4) is 0 Å². The van der Waals surface area contributed by atoms with Crippen molar-refractivity contribution < 1.29 is 4.39 Å². The van der Waals surface area contributed by atoms with Crippen molar-refractivity contribution in [2.24, 2.45) is 0 Å². The van der Waals surface area contributed by atoms with Crippen LogP contribution < -0.4 is 5.32 Å². The molecular formula is C14H19ClFNS2. The Morgan fingerprint density at radius 2 is 2.32 bits per heavy atom. The van der Waals surface area contributed by atoms with Crippen LogP contribution >= 0.6 is 35.1 Å². The molecule has 1 saturated heterocycles. The van der Waals surface area contributed by atoms with E-state index in [1.807, 2.05) is 35.7 Å². The van der Waals surface area contributed by atoms with E-state index in [9.17, 15) is 4.39 Å². The highest BCUT2D eigenvalue weighted by molar-refractivity contribution is 8.06. The SMILES string of the molecule is CCNC(Cc1cccc(Cl)c1F)C1CSCCS1. The van der Waals surface area contributed by atoms with Gasteiger partial charge in [0.25, 0.3) is 0 Å². The molecule has 2 unspecified atom stereocenters. The van der Waals surface area contributed by atoms with Gasteiger partial charge in [-0.3, -0.25) is 0 Å². The van der Waals surface area contributed by atoms with Crippen LogP contribution in [0, 0.1) is 5.82 Å². The Labute approximate surface area is 128 Å². The number of benzene rings is 1. The fraction of sp³-hybridized carbons (Fsp3) is 0.571. The lowest BCUT2D eigenvalue weighted by atomic mass is 10.0. The van der Waals surface area contributed by atoms with E-state index < -0.39 is 0 Å². The van der Waals surface area contributed by atoms with Crippen LogP contribution in [0.25, 0.3) is 0 Å². The second-order valence-corrected chi connectivity index (χ2v) is 7.47. The van der Waals surface area contributed by atoms with Gasteiger partial charge < -0.3 is 5.32 Å². The van der Waals surface area contributed by atoms with Gasteiger partial charge in [0.1, 0.15) is 5.82 Å². The Balaban J connectivity index is 2.08. The number of rotatable bonds is 5. The van der Waals surface area contributed by atoms with Crippen LogP contribution in [-0.2, 0) is 6.42 Å². The van der Waals surface area contributed by atoms with Gasteiger partial charge in [0.2, 0.25) is 0 Å². The Morgan fingerprint density at radius 3 is 3.00 bits per heavy atom. The topological polar surface area (TPSA) is 12.0 Å². The Morgan fingerprint density at radius 1 is 1.47 bits per heavy atom. The number of thioether (sulfide) groups is 2. The summed E-state index contributed by atoms with van der Waals surface area (Å²) >= 11 is 9.85. The quantitative estimate of drug-likeness (QED) is 0.885. The summed E-state index contributed by atoms with van der Waals surface area (Å²) in [4.78, 5) is 0. The summed E-state index contributed by atoms with van der Waals surface area (Å²) in [5, 5.41) is 4.28. The molecule has 0 saturated carbocycles. The molecule has 1 fully saturated rings. The molecule has 1 aromatic carbocycles. The Bertz CT molecular complexity index is 410. The van der Waals surface area contributed by atoms with Crippen molar-refractivity contribution in [1.82, 2.24) is 5.32 Å². The lowest BCUT2D eigenvalue weighted by molar-refractivity contribution is 0.507. The van der Waals surface area contributed by atoms with Crippen LogP contribution in [0.4, 0.5) is 4.39 Å². The third kappa shape index (κ3) is 4.28. The molecule has 0 bridgehead atoms. The van der Waals surface area contributed by atoms with Crippen molar-refractivity contribution >= 4 is 35.1 Å². The molecule has 1 aliphatic rings. The van der Waals surface area contributed by atoms with Gasteiger partial charge in [0.05, 0.1) is 5.02 Å². The van der Waals surface area contributed by atoms with Crippen molar-refractivity contribution in [2.45, 2.75) is 24.6 Å². The molecule has 1 nitrogen and oxygen atoms in total. The largest absolute Gasteiger partial charge is 0.313 e. The normalized spacial score (nSPS) is 21.3. The summed E-state index contributed by atoms with van der Waals surface area (Å²) in [6, 6.07) is 5.59. The monoisotopic (exact) mass is 319 g/mol. The molecule has 1 N–H and O–H groups in total. The number of halogens is 2. The Hall–Kier alpha value is 0.1000. The predicted octanol–water partition coefficient (Wildman–Crippen LogP) is 3.85. The first kappa shape index (κ1) is 15.5. The number of nitrogens with one attached hydrogen (secondary N) is 1. The second kappa shape index (κ2) is 7.77.